The fourth-order valence-corrected chi connectivity index (χ4v) is 3.60. The van der Waals surface area contributed by atoms with E-state index in [0.29, 0.717) is 37.9 Å². The molecule has 7 nitrogen and oxygen atoms in total. The first kappa shape index (κ1) is 14.8. The van der Waals surface area contributed by atoms with Crippen molar-refractivity contribution in [2.75, 3.05) is 44.3 Å². The predicted octanol–water partition coefficient (Wildman–Crippen LogP) is 0.123. The van der Waals surface area contributed by atoms with Crippen molar-refractivity contribution in [3.8, 4) is 0 Å². The lowest BCUT2D eigenvalue weighted by Gasteiger charge is -2.26. The molecule has 124 valence electrons. The van der Waals surface area contributed by atoms with E-state index < -0.39 is 0 Å². The zero-order chi connectivity index (χ0) is 15.8. The number of rotatable bonds is 3. The summed E-state index contributed by atoms with van der Waals surface area (Å²) in [7, 11) is 0. The maximum Gasteiger partial charge on any atom is 0.274 e. The first-order chi connectivity index (χ1) is 11.2. The normalized spacial score (nSPS) is 28.2. The zero-order valence-corrected chi connectivity index (χ0v) is 13.2. The first-order valence-electron chi connectivity index (χ1n) is 8.42. The van der Waals surface area contributed by atoms with Crippen LogP contribution in [0.2, 0.25) is 0 Å². The quantitative estimate of drug-likeness (QED) is 0.852. The average Bonchev–Trinajstić information content (AvgIpc) is 3.37. The molecule has 4 rings (SSSR count). The van der Waals surface area contributed by atoms with Crippen LogP contribution in [0.3, 0.4) is 0 Å². The van der Waals surface area contributed by atoms with Crippen molar-refractivity contribution in [3.63, 3.8) is 0 Å². The number of ether oxygens (including phenoxy) is 1. The second-order valence-electron chi connectivity index (χ2n) is 6.74. The number of hydrogen-bond donors (Lipinski definition) is 1. The van der Waals surface area contributed by atoms with Crippen LogP contribution >= 0.6 is 0 Å². The van der Waals surface area contributed by atoms with Crippen molar-refractivity contribution >= 4 is 11.7 Å². The fraction of sp³-hybridized carbons (Fsp3) is 0.688. The summed E-state index contributed by atoms with van der Waals surface area (Å²) in [4.78, 5) is 25.3. The van der Waals surface area contributed by atoms with Crippen molar-refractivity contribution in [3.05, 3.63) is 18.1 Å². The van der Waals surface area contributed by atoms with E-state index in [1.54, 1.807) is 17.3 Å². The molecule has 1 aliphatic carbocycles. The van der Waals surface area contributed by atoms with Crippen LogP contribution in [0.4, 0.5) is 5.82 Å². The van der Waals surface area contributed by atoms with Crippen LogP contribution in [0.5, 0.6) is 0 Å². The molecule has 2 N–H and O–H groups in total. The first-order valence-corrected chi connectivity index (χ1v) is 8.42. The van der Waals surface area contributed by atoms with Gasteiger partial charge in [-0.1, -0.05) is 0 Å². The molecular formula is C16H23N5O2. The number of amides is 1. The fourth-order valence-electron chi connectivity index (χ4n) is 3.60. The highest BCUT2D eigenvalue weighted by atomic mass is 16.5. The molecule has 0 radical (unpaired) electrons. The van der Waals surface area contributed by atoms with Gasteiger partial charge >= 0.3 is 0 Å². The molecule has 2 saturated heterocycles. The monoisotopic (exact) mass is 317 g/mol. The summed E-state index contributed by atoms with van der Waals surface area (Å²) in [6, 6.07) is 0.197. The summed E-state index contributed by atoms with van der Waals surface area (Å²) in [5.41, 5.74) is 6.69. The summed E-state index contributed by atoms with van der Waals surface area (Å²) in [5.74, 6) is 2.03. The van der Waals surface area contributed by atoms with E-state index in [1.807, 2.05) is 0 Å². The summed E-state index contributed by atoms with van der Waals surface area (Å²) in [6.45, 7) is 4.12. The van der Waals surface area contributed by atoms with Gasteiger partial charge in [0.2, 0.25) is 0 Å². The Morgan fingerprint density at radius 3 is 2.74 bits per heavy atom. The van der Waals surface area contributed by atoms with Gasteiger partial charge in [-0.05, 0) is 24.7 Å². The van der Waals surface area contributed by atoms with Gasteiger partial charge in [-0.15, -0.1) is 0 Å². The van der Waals surface area contributed by atoms with Crippen LogP contribution in [0.15, 0.2) is 12.4 Å². The maximum absolute atomic E-state index is 12.5. The van der Waals surface area contributed by atoms with Crippen LogP contribution in [-0.4, -0.2) is 66.2 Å². The van der Waals surface area contributed by atoms with E-state index >= 15 is 0 Å². The highest BCUT2D eigenvalue weighted by molar-refractivity contribution is 5.92. The van der Waals surface area contributed by atoms with E-state index in [9.17, 15) is 4.79 Å². The number of carbonyl (C=O) groups excluding carboxylic acids is 1. The third-order valence-electron chi connectivity index (χ3n) is 5.10. The van der Waals surface area contributed by atoms with Gasteiger partial charge < -0.3 is 20.3 Å². The molecule has 2 aliphatic heterocycles. The Bertz CT molecular complexity index is 586. The lowest BCUT2D eigenvalue weighted by molar-refractivity contribution is 0.0299. The second kappa shape index (κ2) is 6.05. The highest BCUT2D eigenvalue weighted by Gasteiger charge is 2.41. The molecule has 7 heteroatoms. The minimum Gasteiger partial charge on any atom is -0.378 e. The number of anilines is 1. The molecule has 2 atom stereocenters. The Balaban J connectivity index is 1.48. The zero-order valence-electron chi connectivity index (χ0n) is 13.2. The van der Waals surface area contributed by atoms with Crippen molar-refractivity contribution in [2.24, 2.45) is 17.6 Å². The minimum absolute atomic E-state index is 0.0649. The topological polar surface area (TPSA) is 84.6 Å². The van der Waals surface area contributed by atoms with Crippen LogP contribution in [0, 0.1) is 11.8 Å². The lowest BCUT2D eigenvalue weighted by atomic mass is 9.99. The largest absolute Gasteiger partial charge is 0.378 e. The summed E-state index contributed by atoms with van der Waals surface area (Å²) in [6.07, 6.45) is 5.88. The summed E-state index contributed by atoms with van der Waals surface area (Å²) in [5, 5.41) is 0. The van der Waals surface area contributed by atoms with Crippen LogP contribution in [-0.2, 0) is 4.74 Å². The Kier molecular flexibility index (Phi) is 3.90. The van der Waals surface area contributed by atoms with Crippen LogP contribution in [0.25, 0.3) is 0 Å². The number of aromatic nitrogens is 2. The van der Waals surface area contributed by atoms with Crippen molar-refractivity contribution in [2.45, 2.75) is 18.9 Å². The Morgan fingerprint density at radius 1 is 1.22 bits per heavy atom. The summed E-state index contributed by atoms with van der Waals surface area (Å²) < 4.78 is 5.29. The molecule has 0 aromatic carbocycles. The molecule has 0 spiro atoms. The van der Waals surface area contributed by atoms with E-state index in [0.717, 1.165) is 24.8 Å². The Labute approximate surface area is 135 Å². The third-order valence-corrected chi connectivity index (χ3v) is 5.10. The van der Waals surface area contributed by atoms with Crippen LogP contribution < -0.4 is 10.6 Å². The molecular weight excluding hydrogens is 294 g/mol. The molecule has 0 bridgehead atoms. The van der Waals surface area contributed by atoms with E-state index in [2.05, 4.69) is 14.9 Å². The molecule has 1 saturated carbocycles. The standard InChI is InChI=1S/C16H23N5O2/c17-13-10-21(9-12(13)11-1-2-11)15-8-18-7-14(19-15)16(22)20-3-5-23-6-4-20/h7-8,11-13H,1-6,9-10,17H2/t12-,13+/m1/s1. The number of carbonyl (C=O) groups is 1. The molecule has 3 fully saturated rings. The van der Waals surface area contributed by atoms with E-state index in [4.69, 9.17) is 10.5 Å². The van der Waals surface area contributed by atoms with Crippen molar-refractivity contribution in [1.29, 1.82) is 0 Å². The Morgan fingerprint density at radius 2 is 2.00 bits per heavy atom. The smallest absolute Gasteiger partial charge is 0.274 e. The molecule has 23 heavy (non-hydrogen) atoms. The Hall–Kier alpha value is -1.73. The molecule has 1 amide bonds. The van der Waals surface area contributed by atoms with Gasteiger partial charge in [0.05, 0.1) is 25.6 Å². The molecule has 3 aliphatic rings. The van der Waals surface area contributed by atoms with Gasteiger partial charge in [-0.25, -0.2) is 4.98 Å². The lowest BCUT2D eigenvalue weighted by Crippen LogP contribution is -2.41. The van der Waals surface area contributed by atoms with Crippen molar-refractivity contribution in [1.82, 2.24) is 14.9 Å². The van der Waals surface area contributed by atoms with Gasteiger partial charge in [-0.2, -0.15) is 0 Å². The van der Waals surface area contributed by atoms with E-state index in [1.165, 1.54) is 12.8 Å². The van der Waals surface area contributed by atoms with Gasteiger partial charge in [0.15, 0.2) is 0 Å². The number of hydrogen-bond acceptors (Lipinski definition) is 6. The predicted molar refractivity (Wildman–Crippen MR) is 85.2 cm³/mol. The average molecular weight is 317 g/mol. The molecule has 1 aromatic heterocycles. The minimum atomic E-state index is -0.0649. The third kappa shape index (κ3) is 3.03. The van der Waals surface area contributed by atoms with Gasteiger partial charge in [0, 0.05) is 32.2 Å². The highest BCUT2D eigenvalue weighted by Crippen LogP contribution is 2.41. The van der Waals surface area contributed by atoms with Gasteiger partial charge in [0.1, 0.15) is 11.5 Å². The summed E-state index contributed by atoms with van der Waals surface area (Å²) >= 11 is 0. The molecule has 0 unspecified atom stereocenters. The SMILES string of the molecule is N[C@H]1CN(c2cncc(C(=O)N3CCOCC3)n2)C[C@@H]1C1CC1. The number of nitrogens with two attached hydrogens (primary N) is 1. The van der Waals surface area contributed by atoms with Crippen LogP contribution in [0.1, 0.15) is 23.3 Å². The van der Waals surface area contributed by atoms with Gasteiger partial charge in [-0.3, -0.25) is 9.78 Å². The van der Waals surface area contributed by atoms with Crippen molar-refractivity contribution < 1.29 is 9.53 Å². The van der Waals surface area contributed by atoms with E-state index in [-0.39, 0.29) is 11.9 Å². The number of nitrogens with zero attached hydrogens (tertiary/aromatic N) is 4. The molecule has 3 heterocycles. The maximum atomic E-state index is 12.5. The van der Waals surface area contributed by atoms with Gasteiger partial charge in [0.25, 0.3) is 5.91 Å². The second-order valence-corrected chi connectivity index (χ2v) is 6.74. The number of morpholine rings is 1. The molecule has 1 aromatic rings.